The first-order valence-electron chi connectivity index (χ1n) is 8.75. The van der Waals surface area contributed by atoms with Gasteiger partial charge in [-0.1, -0.05) is 31.5 Å². The summed E-state index contributed by atoms with van der Waals surface area (Å²) in [5, 5.41) is 2.76. The zero-order chi connectivity index (χ0) is 20.0. The van der Waals surface area contributed by atoms with E-state index in [2.05, 4.69) is 10.0 Å². The summed E-state index contributed by atoms with van der Waals surface area (Å²) < 4.78 is 33.0. The molecule has 0 saturated carbocycles. The molecule has 1 amide bonds. The summed E-state index contributed by atoms with van der Waals surface area (Å²) in [4.78, 5) is 12.8. The third kappa shape index (κ3) is 6.08. The Morgan fingerprint density at radius 1 is 1.04 bits per heavy atom. The number of sulfonamides is 1. The van der Waals surface area contributed by atoms with Crippen LogP contribution in [-0.2, 0) is 14.8 Å². The standard InChI is InChI=1S/C20H26N2O4S/c1-14(2)13-19(20(23)21-16-7-9-17(26-4)10-8-16)22-27(24,25)18-11-5-15(3)6-12-18/h5-12,14,19,22H,13H2,1-4H3,(H,21,23)/t19-/m0/s1. The van der Waals surface area contributed by atoms with Crippen LogP contribution in [0.15, 0.2) is 53.4 Å². The van der Waals surface area contributed by atoms with E-state index in [9.17, 15) is 13.2 Å². The molecule has 2 aromatic rings. The van der Waals surface area contributed by atoms with Gasteiger partial charge in [-0.05, 0) is 55.7 Å². The molecule has 0 unspecified atom stereocenters. The number of hydrogen-bond acceptors (Lipinski definition) is 4. The van der Waals surface area contributed by atoms with E-state index in [-0.39, 0.29) is 10.8 Å². The lowest BCUT2D eigenvalue weighted by atomic mass is 10.0. The number of methoxy groups -OCH3 is 1. The van der Waals surface area contributed by atoms with E-state index in [4.69, 9.17) is 4.74 Å². The highest BCUT2D eigenvalue weighted by atomic mass is 32.2. The van der Waals surface area contributed by atoms with E-state index in [0.29, 0.717) is 17.9 Å². The Morgan fingerprint density at radius 2 is 1.63 bits per heavy atom. The molecular formula is C20H26N2O4S. The van der Waals surface area contributed by atoms with Gasteiger partial charge in [0, 0.05) is 5.69 Å². The first kappa shape index (κ1) is 20.9. The Kier molecular flexibility index (Phi) is 6.98. The molecule has 0 radical (unpaired) electrons. The number of aryl methyl sites for hydroxylation is 1. The van der Waals surface area contributed by atoms with Gasteiger partial charge in [-0.25, -0.2) is 8.42 Å². The van der Waals surface area contributed by atoms with Gasteiger partial charge in [0.05, 0.1) is 12.0 Å². The second-order valence-electron chi connectivity index (χ2n) is 6.83. The number of rotatable bonds is 8. The zero-order valence-electron chi connectivity index (χ0n) is 16.0. The van der Waals surface area contributed by atoms with Gasteiger partial charge in [-0.3, -0.25) is 4.79 Å². The maximum atomic E-state index is 12.7. The van der Waals surface area contributed by atoms with Gasteiger partial charge in [0.2, 0.25) is 15.9 Å². The zero-order valence-corrected chi connectivity index (χ0v) is 16.8. The van der Waals surface area contributed by atoms with Gasteiger partial charge in [0.25, 0.3) is 0 Å². The second-order valence-corrected chi connectivity index (χ2v) is 8.55. The van der Waals surface area contributed by atoms with Gasteiger partial charge < -0.3 is 10.1 Å². The van der Waals surface area contributed by atoms with E-state index in [1.165, 1.54) is 12.1 Å². The number of carbonyl (C=O) groups is 1. The summed E-state index contributed by atoms with van der Waals surface area (Å²) >= 11 is 0. The van der Waals surface area contributed by atoms with Crippen LogP contribution in [0.1, 0.15) is 25.8 Å². The van der Waals surface area contributed by atoms with Gasteiger partial charge in [0.1, 0.15) is 11.8 Å². The molecule has 6 nitrogen and oxygen atoms in total. The summed E-state index contributed by atoms with van der Waals surface area (Å²) in [5.41, 5.74) is 1.54. The van der Waals surface area contributed by atoms with Crippen molar-refractivity contribution in [2.75, 3.05) is 12.4 Å². The number of benzene rings is 2. The van der Waals surface area contributed by atoms with Crippen LogP contribution in [0, 0.1) is 12.8 Å². The Labute approximate surface area is 161 Å². The van der Waals surface area contributed by atoms with Crippen LogP contribution in [-0.4, -0.2) is 27.5 Å². The average molecular weight is 391 g/mol. The molecule has 1 atom stereocenters. The average Bonchev–Trinajstić information content (AvgIpc) is 2.61. The Hall–Kier alpha value is -2.38. The van der Waals surface area contributed by atoms with E-state index < -0.39 is 22.0 Å². The number of anilines is 1. The topological polar surface area (TPSA) is 84.5 Å². The number of carbonyl (C=O) groups excluding carboxylic acids is 1. The molecule has 2 N–H and O–H groups in total. The van der Waals surface area contributed by atoms with E-state index in [1.54, 1.807) is 43.5 Å². The van der Waals surface area contributed by atoms with Gasteiger partial charge in [-0.15, -0.1) is 0 Å². The van der Waals surface area contributed by atoms with Crippen molar-refractivity contribution in [3.63, 3.8) is 0 Å². The molecule has 0 saturated heterocycles. The second kappa shape index (κ2) is 9.01. The molecule has 0 aromatic heterocycles. The van der Waals surface area contributed by atoms with Crippen LogP contribution in [0.4, 0.5) is 5.69 Å². The van der Waals surface area contributed by atoms with Gasteiger partial charge in [0.15, 0.2) is 0 Å². The smallest absolute Gasteiger partial charge is 0.242 e. The molecule has 27 heavy (non-hydrogen) atoms. The van der Waals surface area contributed by atoms with Crippen molar-refractivity contribution in [3.05, 3.63) is 54.1 Å². The minimum Gasteiger partial charge on any atom is -0.497 e. The highest BCUT2D eigenvalue weighted by molar-refractivity contribution is 7.89. The summed E-state index contributed by atoms with van der Waals surface area (Å²) in [6.45, 7) is 5.76. The van der Waals surface area contributed by atoms with E-state index in [0.717, 1.165) is 5.56 Å². The maximum absolute atomic E-state index is 12.7. The molecule has 0 fully saturated rings. The predicted molar refractivity (Wildman–Crippen MR) is 106 cm³/mol. The van der Waals surface area contributed by atoms with Gasteiger partial charge >= 0.3 is 0 Å². The molecule has 2 aromatic carbocycles. The van der Waals surface area contributed by atoms with Crippen LogP contribution in [0.3, 0.4) is 0 Å². The van der Waals surface area contributed by atoms with Crippen molar-refractivity contribution in [2.45, 2.75) is 38.1 Å². The third-order valence-corrected chi connectivity index (χ3v) is 5.50. The number of hydrogen-bond donors (Lipinski definition) is 2. The molecular weight excluding hydrogens is 364 g/mol. The molecule has 0 aliphatic heterocycles. The fourth-order valence-corrected chi connectivity index (χ4v) is 3.76. The maximum Gasteiger partial charge on any atom is 0.242 e. The minimum absolute atomic E-state index is 0.136. The molecule has 2 rings (SSSR count). The molecule has 146 valence electrons. The summed E-state index contributed by atoms with van der Waals surface area (Å²) in [7, 11) is -2.24. The van der Waals surface area contributed by atoms with Crippen LogP contribution in [0.25, 0.3) is 0 Å². The Balaban J connectivity index is 2.17. The quantitative estimate of drug-likeness (QED) is 0.724. The summed E-state index contributed by atoms with van der Waals surface area (Å²) in [5.74, 6) is 0.411. The molecule has 0 spiro atoms. The van der Waals surface area contributed by atoms with Crippen LogP contribution < -0.4 is 14.8 Å². The number of ether oxygens (including phenoxy) is 1. The first-order chi connectivity index (χ1) is 12.7. The minimum atomic E-state index is -3.80. The highest BCUT2D eigenvalue weighted by Crippen LogP contribution is 2.17. The lowest BCUT2D eigenvalue weighted by Crippen LogP contribution is -2.44. The summed E-state index contributed by atoms with van der Waals surface area (Å²) in [6.07, 6.45) is 0.382. The first-order valence-corrected chi connectivity index (χ1v) is 10.2. The van der Waals surface area contributed by atoms with Crippen LogP contribution in [0.2, 0.25) is 0 Å². The van der Waals surface area contributed by atoms with Crippen molar-refractivity contribution in [1.29, 1.82) is 0 Å². The van der Waals surface area contributed by atoms with Crippen molar-refractivity contribution < 1.29 is 17.9 Å². The Bertz CT molecular complexity index is 860. The third-order valence-electron chi connectivity index (χ3n) is 4.01. The lowest BCUT2D eigenvalue weighted by molar-refractivity contribution is -0.118. The fourth-order valence-electron chi connectivity index (χ4n) is 2.56. The number of amides is 1. The SMILES string of the molecule is COc1ccc(NC(=O)[C@H](CC(C)C)NS(=O)(=O)c2ccc(C)cc2)cc1. The monoisotopic (exact) mass is 390 g/mol. The van der Waals surface area contributed by atoms with Crippen LogP contribution >= 0.6 is 0 Å². The predicted octanol–water partition coefficient (Wildman–Crippen LogP) is 3.34. The summed E-state index contributed by atoms with van der Waals surface area (Å²) in [6, 6.07) is 12.5. The fraction of sp³-hybridized carbons (Fsp3) is 0.350. The highest BCUT2D eigenvalue weighted by Gasteiger charge is 2.26. The van der Waals surface area contributed by atoms with E-state index in [1.807, 2.05) is 20.8 Å². The van der Waals surface area contributed by atoms with Crippen molar-refractivity contribution in [2.24, 2.45) is 5.92 Å². The molecule has 0 heterocycles. The van der Waals surface area contributed by atoms with Crippen LogP contribution in [0.5, 0.6) is 5.75 Å². The lowest BCUT2D eigenvalue weighted by Gasteiger charge is -2.20. The van der Waals surface area contributed by atoms with Gasteiger partial charge in [-0.2, -0.15) is 4.72 Å². The largest absolute Gasteiger partial charge is 0.497 e. The molecule has 0 bridgehead atoms. The molecule has 0 aliphatic rings. The van der Waals surface area contributed by atoms with E-state index >= 15 is 0 Å². The van der Waals surface area contributed by atoms with Crippen molar-refractivity contribution in [1.82, 2.24) is 4.72 Å². The molecule has 7 heteroatoms. The molecule has 0 aliphatic carbocycles. The number of nitrogens with one attached hydrogen (secondary N) is 2. The van der Waals surface area contributed by atoms with Crippen molar-refractivity contribution >= 4 is 21.6 Å². The normalized spacial score (nSPS) is 12.6. The van der Waals surface area contributed by atoms with Crippen molar-refractivity contribution in [3.8, 4) is 5.75 Å². The Morgan fingerprint density at radius 3 is 2.15 bits per heavy atom.